The molecule has 0 amide bonds. The molecule has 0 bridgehead atoms. The maximum Gasteiger partial charge on any atom is 0.153 e. The van der Waals surface area contributed by atoms with Gasteiger partial charge in [-0.25, -0.2) is 8.42 Å². The second kappa shape index (κ2) is 5.19. The Balaban J connectivity index is 1.89. The first-order valence-electron chi connectivity index (χ1n) is 6.05. The summed E-state index contributed by atoms with van der Waals surface area (Å²) in [4.78, 5) is 4.37. The number of sulfone groups is 1. The number of hydrogen-bond donors (Lipinski definition) is 2. The van der Waals surface area contributed by atoms with Gasteiger partial charge in [-0.05, 0) is 0 Å². The third-order valence-electron chi connectivity index (χ3n) is 3.66. The van der Waals surface area contributed by atoms with E-state index in [1.165, 1.54) is 0 Å². The molecule has 0 radical (unpaired) electrons. The minimum atomic E-state index is -2.94. The Kier molecular flexibility index (Phi) is 4.04. The van der Waals surface area contributed by atoms with Crippen molar-refractivity contribution in [2.45, 2.75) is 12.1 Å². The van der Waals surface area contributed by atoms with Crippen LogP contribution in [0.3, 0.4) is 0 Å². The van der Waals surface area contributed by atoms with Crippen LogP contribution in [0.25, 0.3) is 0 Å². The average Bonchev–Trinajstić information content (AvgIpc) is 2.54. The minimum absolute atomic E-state index is 0.0173. The van der Waals surface area contributed by atoms with Crippen LogP contribution in [-0.4, -0.2) is 86.2 Å². The highest BCUT2D eigenvalue weighted by atomic mass is 32.2. The summed E-state index contributed by atoms with van der Waals surface area (Å²) < 4.78 is 23.0. The van der Waals surface area contributed by atoms with Gasteiger partial charge in [-0.3, -0.25) is 9.80 Å². The molecule has 100 valence electrons. The van der Waals surface area contributed by atoms with Gasteiger partial charge in [0, 0.05) is 44.8 Å². The van der Waals surface area contributed by atoms with Gasteiger partial charge in [0.25, 0.3) is 0 Å². The van der Waals surface area contributed by atoms with E-state index >= 15 is 0 Å². The molecule has 3 N–H and O–H groups in total. The SMILES string of the molecule is NC1CS(=O)(=O)CC1N1CCN(CCO)CC1. The van der Waals surface area contributed by atoms with Crippen molar-refractivity contribution >= 4 is 9.84 Å². The van der Waals surface area contributed by atoms with Crippen molar-refractivity contribution < 1.29 is 13.5 Å². The van der Waals surface area contributed by atoms with Crippen molar-refractivity contribution in [2.75, 3.05) is 50.8 Å². The van der Waals surface area contributed by atoms with Gasteiger partial charge in [0.15, 0.2) is 9.84 Å². The third-order valence-corrected chi connectivity index (χ3v) is 5.40. The standard InChI is InChI=1S/C10H21N3O3S/c11-9-7-17(15,16)8-10(9)13-3-1-12(2-4-13)5-6-14/h9-10,14H,1-8,11H2. The van der Waals surface area contributed by atoms with Crippen LogP contribution in [0.5, 0.6) is 0 Å². The molecule has 0 aliphatic carbocycles. The average molecular weight is 263 g/mol. The van der Waals surface area contributed by atoms with Gasteiger partial charge in [-0.15, -0.1) is 0 Å². The second-order valence-corrected chi connectivity index (χ2v) is 7.06. The molecule has 2 atom stereocenters. The molecule has 0 aromatic rings. The number of aliphatic hydroxyl groups is 1. The van der Waals surface area contributed by atoms with E-state index in [0.29, 0.717) is 6.54 Å². The van der Waals surface area contributed by atoms with E-state index in [1.807, 2.05) is 0 Å². The fourth-order valence-corrected chi connectivity index (χ4v) is 4.62. The minimum Gasteiger partial charge on any atom is -0.395 e. The number of piperazine rings is 1. The zero-order valence-electron chi connectivity index (χ0n) is 9.96. The molecule has 2 rings (SSSR count). The third kappa shape index (κ3) is 3.17. The summed E-state index contributed by atoms with van der Waals surface area (Å²) >= 11 is 0. The van der Waals surface area contributed by atoms with E-state index in [1.54, 1.807) is 0 Å². The van der Waals surface area contributed by atoms with Crippen LogP contribution in [0.4, 0.5) is 0 Å². The van der Waals surface area contributed by atoms with Gasteiger partial charge >= 0.3 is 0 Å². The zero-order valence-corrected chi connectivity index (χ0v) is 10.8. The quantitative estimate of drug-likeness (QED) is 0.596. The molecule has 0 aromatic carbocycles. The normalized spacial score (nSPS) is 35.2. The molecule has 7 heteroatoms. The van der Waals surface area contributed by atoms with Crippen LogP contribution in [0.1, 0.15) is 0 Å². The van der Waals surface area contributed by atoms with Gasteiger partial charge in [-0.2, -0.15) is 0 Å². The highest BCUT2D eigenvalue weighted by Gasteiger charge is 2.39. The Hall–Kier alpha value is -0.210. The van der Waals surface area contributed by atoms with Crippen LogP contribution >= 0.6 is 0 Å². The van der Waals surface area contributed by atoms with Crippen molar-refractivity contribution in [3.05, 3.63) is 0 Å². The lowest BCUT2D eigenvalue weighted by atomic mass is 10.1. The van der Waals surface area contributed by atoms with Crippen LogP contribution in [-0.2, 0) is 9.84 Å². The van der Waals surface area contributed by atoms with Gasteiger partial charge in [0.1, 0.15) is 0 Å². The van der Waals surface area contributed by atoms with Crippen molar-refractivity contribution in [3.63, 3.8) is 0 Å². The Morgan fingerprint density at radius 2 is 1.82 bits per heavy atom. The fraction of sp³-hybridized carbons (Fsp3) is 1.00. The van der Waals surface area contributed by atoms with Gasteiger partial charge < -0.3 is 10.8 Å². The number of β-amino-alcohol motifs (C(OH)–C–C–N with tert-alkyl or cyclic N) is 1. The van der Waals surface area contributed by atoms with Crippen molar-refractivity contribution in [1.29, 1.82) is 0 Å². The summed E-state index contributed by atoms with van der Waals surface area (Å²) in [6.07, 6.45) is 0. The number of aliphatic hydroxyl groups excluding tert-OH is 1. The van der Waals surface area contributed by atoms with E-state index in [9.17, 15) is 8.42 Å². The first-order chi connectivity index (χ1) is 8.02. The monoisotopic (exact) mass is 263 g/mol. The molecule has 2 heterocycles. The molecule has 6 nitrogen and oxygen atoms in total. The molecule has 0 spiro atoms. The van der Waals surface area contributed by atoms with E-state index in [2.05, 4.69) is 9.80 Å². The predicted octanol–water partition coefficient (Wildman–Crippen LogP) is -2.28. The molecule has 0 saturated carbocycles. The van der Waals surface area contributed by atoms with Crippen LogP contribution in [0, 0.1) is 0 Å². The largest absolute Gasteiger partial charge is 0.395 e. The maximum absolute atomic E-state index is 11.5. The van der Waals surface area contributed by atoms with Crippen molar-refractivity contribution in [2.24, 2.45) is 5.73 Å². The molecule has 2 saturated heterocycles. The molecule has 17 heavy (non-hydrogen) atoms. The molecule has 0 aromatic heterocycles. The Bertz CT molecular complexity index is 352. The molecule has 2 fully saturated rings. The Labute approximate surface area is 102 Å². The van der Waals surface area contributed by atoms with Gasteiger partial charge in [-0.1, -0.05) is 0 Å². The van der Waals surface area contributed by atoms with E-state index in [-0.39, 0.29) is 30.2 Å². The van der Waals surface area contributed by atoms with Crippen LogP contribution < -0.4 is 5.73 Å². The first-order valence-corrected chi connectivity index (χ1v) is 7.87. The van der Waals surface area contributed by atoms with Crippen LogP contribution in [0.2, 0.25) is 0 Å². The second-order valence-electron chi connectivity index (χ2n) is 4.91. The summed E-state index contributed by atoms with van der Waals surface area (Å²) in [5.74, 6) is 0.322. The summed E-state index contributed by atoms with van der Waals surface area (Å²) in [5, 5.41) is 8.85. The predicted molar refractivity (Wildman–Crippen MR) is 65.5 cm³/mol. The lowest BCUT2D eigenvalue weighted by Gasteiger charge is -2.38. The zero-order chi connectivity index (χ0) is 12.5. The number of nitrogens with two attached hydrogens (primary N) is 1. The maximum atomic E-state index is 11.5. The summed E-state index contributed by atoms with van der Waals surface area (Å²) in [6, 6.07) is -0.263. The molecular formula is C10H21N3O3S. The summed E-state index contributed by atoms with van der Waals surface area (Å²) in [5.41, 5.74) is 5.90. The molecule has 2 aliphatic rings. The molecular weight excluding hydrogens is 242 g/mol. The Morgan fingerprint density at radius 1 is 1.18 bits per heavy atom. The van der Waals surface area contributed by atoms with E-state index < -0.39 is 9.84 Å². The van der Waals surface area contributed by atoms with Gasteiger partial charge in [0.2, 0.25) is 0 Å². The number of nitrogens with zero attached hydrogens (tertiary/aromatic N) is 2. The lowest BCUT2D eigenvalue weighted by molar-refractivity contribution is 0.0861. The number of rotatable bonds is 3. The highest BCUT2D eigenvalue weighted by molar-refractivity contribution is 7.91. The number of hydrogen-bond acceptors (Lipinski definition) is 6. The highest BCUT2D eigenvalue weighted by Crippen LogP contribution is 2.18. The topological polar surface area (TPSA) is 86.9 Å². The van der Waals surface area contributed by atoms with Crippen LogP contribution in [0.15, 0.2) is 0 Å². The first kappa shape index (κ1) is 13.2. The Morgan fingerprint density at radius 3 is 2.29 bits per heavy atom. The van der Waals surface area contributed by atoms with Crippen molar-refractivity contribution in [1.82, 2.24) is 9.80 Å². The van der Waals surface area contributed by atoms with E-state index in [0.717, 1.165) is 26.2 Å². The lowest BCUT2D eigenvalue weighted by Crippen LogP contribution is -2.55. The summed E-state index contributed by atoms with van der Waals surface area (Å²) in [6.45, 7) is 4.32. The van der Waals surface area contributed by atoms with Crippen molar-refractivity contribution in [3.8, 4) is 0 Å². The summed E-state index contributed by atoms with van der Waals surface area (Å²) in [7, 11) is -2.94. The molecule has 2 aliphatic heterocycles. The van der Waals surface area contributed by atoms with Gasteiger partial charge in [0.05, 0.1) is 18.1 Å². The smallest absolute Gasteiger partial charge is 0.153 e. The fourth-order valence-electron chi connectivity index (χ4n) is 2.69. The molecule has 2 unspecified atom stereocenters. The van der Waals surface area contributed by atoms with E-state index in [4.69, 9.17) is 10.8 Å².